The molecule has 1 atom stereocenters. The van der Waals surface area contributed by atoms with Crippen LogP contribution in [0.1, 0.15) is 25.3 Å². The molecule has 1 aromatic rings. The minimum absolute atomic E-state index is 0.0274. The third-order valence-electron chi connectivity index (χ3n) is 5.46. The quantitative estimate of drug-likeness (QED) is 0.879. The molecule has 1 aromatic carbocycles. The van der Waals surface area contributed by atoms with Crippen molar-refractivity contribution in [2.24, 2.45) is 0 Å². The van der Waals surface area contributed by atoms with E-state index in [4.69, 9.17) is 4.74 Å². The van der Waals surface area contributed by atoms with Gasteiger partial charge in [-0.25, -0.2) is 4.79 Å². The fourth-order valence-corrected chi connectivity index (χ4v) is 5.01. The lowest BCUT2D eigenvalue weighted by molar-refractivity contribution is 0.130. The lowest BCUT2D eigenvalue weighted by Gasteiger charge is -2.40. The first-order valence-electron chi connectivity index (χ1n) is 9.36. The Hall–Kier alpha value is -1.40. The van der Waals surface area contributed by atoms with Crippen molar-refractivity contribution in [1.82, 2.24) is 9.80 Å². The van der Waals surface area contributed by atoms with E-state index in [-0.39, 0.29) is 12.1 Å². The fraction of sp³-hybridized carbons (Fsp3) is 0.632. The zero-order valence-corrected chi connectivity index (χ0v) is 15.7. The van der Waals surface area contributed by atoms with Crippen molar-refractivity contribution in [2.75, 3.05) is 43.0 Å². The van der Waals surface area contributed by atoms with Crippen molar-refractivity contribution < 1.29 is 9.53 Å². The maximum absolute atomic E-state index is 12.6. The molecule has 136 valence electrons. The molecule has 0 saturated carbocycles. The van der Waals surface area contributed by atoms with Gasteiger partial charge in [0.05, 0.1) is 0 Å². The Bertz CT molecular complexity index is 625. The average Bonchev–Trinajstić information content (AvgIpc) is 3.02. The number of hydrogen-bond acceptors (Lipinski definition) is 4. The molecule has 2 amide bonds. The van der Waals surface area contributed by atoms with Gasteiger partial charge in [0, 0.05) is 55.8 Å². The van der Waals surface area contributed by atoms with Gasteiger partial charge in [-0.15, -0.1) is 0 Å². The molecule has 3 aliphatic heterocycles. The molecule has 3 heterocycles. The molecule has 0 bridgehead atoms. The van der Waals surface area contributed by atoms with Crippen molar-refractivity contribution in [1.29, 1.82) is 0 Å². The first-order chi connectivity index (χ1) is 12.2. The number of carbonyl (C=O) groups is 1. The second-order valence-corrected chi connectivity index (χ2v) is 8.48. The summed E-state index contributed by atoms with van der Waals surface area (Å²) >= 11 is 2.05. The van der Waals surface area contributed by atoms with Crippen molar-refractivity contribution in [3.05, 3.63) is 23.8 Å². The second-order valence-electron chi connectivity index (χ2n) is 7.25. The molecule has 1 N–H and O–H groups in total. The first kappa shape index (κ1) is 17.0. The molecule has 0 aromatic heterocycles. The first-order valence-corrected chi connectivity index (χ1v) is 10.5. The maximum Gasteiger partial charge on any atom is 0.321 e. The van der Waals surface area contributed by atoms with E-state index in [0.717, 1.165) is 43.8 Å². The number of hydrogen-bond donors (Lipinski definition) is 1. The standard InChI is InChI=1S/C19H27N3O2S/c1-14-12-15-13-16(2-3-18(15)24-14)20-19(23)22-6-4-17(5-7-22)21-8-10-25-11-9-21/h2-3,13-14,17H,4-12H2,1H3,(H,20,23). The highest BCUT2D eigenvalue weighted by Gasteiger charge is 2.28. The Balaban J connectivity index is 1.30. The van der Waals surface area contributed by atoms with Crippen LogP contribution in [0.25, 0.3) is 0 Å². The molecule has 3 aliphatic rings. The number of nitrogens with one attached hydrogen (secondary N) is 1. The van der Waals surface area contributed by atoms with Gasteiger partial charge in [0.15, 0.2) is 0 Å². The van der Waals surface area contributed by atoms with Crippen molar-refractivity contribution in [2.45, 2.75) is 38.3 Å². The van der Waals surface area contributed by atoms with Gasteiger partial charge < -0.3 is 15.0 Å². The van der Waals surface area contributed by atoms with Crippen LogP contribution in [0, 0.1) is 0 Å². The lowest BCUT2D eigenvalue weighted by Crippen LogP contribution is -2.49. The molecular weight excluding hydrogens is 334 g/mol. The van der Waals surface area contributed by atoms with Gasteiger partial charge in [0.1, 0.15) is 11.9 Å². The monoisotopic (exact) mass is 361 g/mol. The Kier molecular flexibility index (Phi) is 5.08. The molecule has 6 heteroatoms. The van der Waals surface area contributed by atoms with E-state index in [0.29, 0.717) is 6.04 Å². The summed E-state index contributed by atoms with van der Waals surface area (Å²) < 4.78 is 5.72. The Morgan fingerprint density at radius 2 is 1.96 bits per heavy atom. The van der Waals surface area contributed by atoms with E-state index >= 15 is 0 Å². The molecule has 2 saturated heterocycles. The number of carbonyl (C=O) groups excluding carboxylic acids is 1. The number of fused-ring (bicyclic) bond motifs is 1. The van der Waals surface area contributed by atoms with Crippen LogP contribution < -0.4 is 10.1 Å². The predicted octanol–water partition coefficient (Wildman–Crippen LogP) is 3.06. The Morgan fingerprint density at radius 3 is 2.72 bits per heavy atom. The molecule has 2 fully saturated rings. The molecule has 25 heavy (non-hydrogen) atoms. The van der Waals surface area contributed by atoms with Gasteiger partial charge in [-0.2, -0.15) is 11.8 Å². The van der Waals surface area contributed by atoms with Crippen LogP contribution in [0.4, 0.5) is 10.5 Å². The number of benzene rings is 1. The Morgan fingerprint density at radius 1 is 1.20 bits per heavy atom. The van der Waals surface area contributed by atoms with E-state index in [1.165, 1.54) is 30.2 Å². The van der Waals surface area contributed by atoms with Crippen LogP contribution in [-0.2, 0) is 6.42 Å². The summed E-state index contributed by atoms with van der Waals surface area (Å²) in [5, 5.41) is 3.07. The van der Waals surface area contributed by atoms with E-state index in [9.17, 15) is 4.79 Å². The summed E-state index contributed by atoms with van der Waals surface area (Å²) in [6.07, 6.45) is 3.33. The smallest absolute Gasteiger partial charge is 0.321 e. The maximum atomic E-state index is 12.6. The Labute approximate surface area is 154 Å². The van der Waals surface area contributed by atoms with Crippen molar-refractivity contribution in [3.8, 4) is 5.75 Å². The number of amides is 2. The number of rotatable bonds is 2. The third kappa shape index (κ3) is 3.90. The van der Waals surface area contributed by atoms with Gasteiger partial charge in [-0.3, -0.25) is 4.90 Å². The van der Waals surface area contributed by atoms with Crippen molar-refractivity contribution in [3.63, 3.8) is 0 Å². The number of anilines is 1. The minimum atomic E-state index is 0.0274. The molecule has 1 unspecified atom stereocenters. The summed E-state index contributed by atoms with van der Waals surface area (Å²) in [6.45, 7) is 6.19. The summed E-state index contributed by atoms with van der Waals surface area (Å²) in [5.74, 6) is 3.45. The van der Waals surface area contributed by atoms with Gasteiger partial charge in [0.25, 0.3) is 0 Å². The number of thioether (sulfide) groups is 1. The highest BCUT2D eigenvalue weighted by atomic mass is 32.2. The van der Waals surface area contributed by atoms with Crippen LogP contribution in [0.5, 0.6) is 5.75 Å². The summed E-state index contributed by atoms with van der Waals surface area (Å²) in [6, 6.07) is 6.64. The second kappa shape index (κ2) is 7.46. The number of urea groups is 1. The summed E-state index contributed by atoms with van der Waals surface area (Å²) in [4.78, 5) is 17.2. The van der Waals surface area contributed by atoms with E-state index in [1.54, 1.807) is 0 Å². The third-order valence-corrected chi connectivity index (χ3v) is 6.40. The van der Waals surface area contributed by atoms with Crippen LogP contribution >= 0.6 is 11.8 Å². The van der Waals surface area contributed by atoms with Gasteiger partial charge in [0.2, 0.25) is 0 Å². The zero-order valence-electron chi connectivity index (χ0n) is 14.9. The normalized spacial score (nSPS) is 24.7. The van der Waals surface area contributed by atoms with Crippen LogP contribution in [-0.4, -0.2) is 65.7 Å². The van der Waals surface area contributed by atoms with Gasteiger partial charge in [-0.05, 0) is 43.5 Å². The number of ether oxygens (including phenoxy) is 1. The number of piperidine rings is 1. The van der Waals surface area contributed by atoms with Crippen LogP contribution in [0.3, 0.4) is 0 Å². The topological polar surface area (TPSA) is 44.8 Å². The molecule has 0 spiro atoms. The van der Waals surface area contributed by atoms with Crippen LogP contribution in [0.15, 0.2) is 18.2 Å². The van der Waals surface area contributed by atoms with Crippen LogP contribution in [0.2, 0.25) is 0 Å². The van der Waals surface area contributed by atoms with Gasteiger partial charge in [-0.1, -0.05) is 0 Å². The van der Waals surface area contributed by atoms with Gasteiger partial charge >= 0.3 is 6.03 Å². The fourth-order valence-electron chi connectivity index (χ4n) is 4.08. The largest absolute Gasteiger partial charge is 0.490 e. The van der Waals surface area contributed by atoms with E-state index in [1.807, 2.05) is 17.0 Å². The van der Waals surface area contributed by atoms with E-state index < -0.39 is 0 Å². The molecule has 5 nitrogen and oxygen atoms in total. The molecular formula is C19H27N3O2S. The minimum Gasteiger partial charge on any atom is -0.490 e. The highest BCUT2D eigenvalue weighted by molar-refractivity contribution is 7.99. The lowest BCUT2D eigenvalue weighted by atomic mass is 10.0. The molecule has 0 radical (unpaired) electrons. The SMILES string of the molecule is CC1Cc2cc(NC(=O)N3CCC(N4CCSCC4)CC3)ccc2O1. The summed E-state index contributed by atoms with van der Waals surface area (Å²) in [5.41, 5.74) is 2.06. The zero-order chi connectivity index (χ0) is 17.2. The highest BCUT2D eigenvalue weighted by Crippen LogP contribution is 2.31. The number of nitrogens with zero attached hydrogens (tertiary/aromatic N) is 2. The van der Waals surface area contributed by atoms with Crippen molar-refractivity contribution >= 4 is 23.5 Å². The predicted molar refractivity (Wildman–Crippen MR) is 103 cm³/mol. The average molecular weight is 362 g/mol. The molecule has 0 aliphatic carbocycles. The molecule has 4 rings (SSSR count). The number of likely N-dealkylation sites (tertiary alicyclic amines) is 1. The van der Waals surface area contributed by atoms with E-state index in [2.05, 4.69) is 35.0 Å². The summed E-state index contributed by atoms with van der Waals surface area (Å²) in [7, 11) is 0.